The Morgan fingerprint density at radius 2 is 2.16 bits per heavy atom. The van der Waals surface area contributed by atoms with Crippen LogP contribution in [0, 0.1) is 6.92 Å². The standard InChI is InChI=1S/C15H16N6O3S/c1-4-20(10(3)22)15-17-11(8-25-15)7-24-13(23)12-18-14-16-6-5-9(2)21(14)19-12/h5-6,8H,4,7H2,1-3H3. The maximum atomic E-state index is 12.1. The highest BCUT2D eigenvalue weighted by Crippen LogP contribution is 2.21. The number of aryl methyl sites for hydroxylation is 1. The van der Waals surface area contributed by atoms with Crippen LogP contribution in [-0.4, -0.2) is 43.0 Å². The number of esters is 1. The van der Waals surface area contributed by atoms with Crippen LogP contribution in [0.2, 0.25) is 0 Å². The summed E-state index contributed by atoms with van der Waals surface area (Å²) >= 11 is 1.32. The summed E-state index contributed by atoms with van der Waals surface area (Å²) in [6.45, 7) is 5.69. The van der Waals surface area contributed by atoms with Crippen molar-refractivity contribution in [3.05, 3.63) is 34.9 Å². The number of anilines is 1. The summed E-state index contributed by atoms with van der Waals surface area (Å²) in [5.41, 5.74) is 1.37. The van der Waals surface area contributed by atoms with Crippen LogP contribution in [0.3, 0.4) is 0 Å². The first-order valence-electron chi connectivity index (χ1n) is 7.57. The van der Waals surface area contributed by atoms with Gasteiger partial charge in [0.2, 0.25) is 5.91 Å². The molecule has 0 saturated carbocycles. The lowest BCUT2D eigenvalue weighted by Crippen LogP contribution is -2.27. The van der Waals surface area contributed by atoms with Crippen molar-refractivity contribution in [3.63, 3.8) is 0 Å². The summed E-state index contributed by atoms with van der Waals surface area (Å²) in [5.74, 6) is -0.463. The highest BCUT2D eigenvalue weighted by molar-refractivity contribution is 7.14. The smallest absolute Gasteiger partial charge is 0.378 e. The van der Waals surface area contributed by atoms with Gasteiger partial charge in [-0.25, -0.2) is 19.3 Å². The van der Waals surface area contributed by atoms with Crippen molar-refractivity contribution in [2.75, 3.05) is 11.4 Å². The summed E-state index contributed by atoms with van der Waals surface area (Å²) in [4.78, 5) is 37.6. The molecule has 0 fully saturated rings. The van der Waals surface area contributed by atoms with Gasteiger partial charge in [0.25, 0.3) is 11.6 Å². The predicted octanol–water partition coefficient (Wildman–Crippen LogP) is 1.62. The van der Waals surface area contributed by atoms with E-state index in [0.29, 0.717) is 23.1 Å². The molecule has 0 aliphatic rings. The van der Waals surface area contributed by atoms with E-state index < -0.39 is 5.97 Å². The molecule has 0 aliphatic carbocycles. The Hall–Kier alpha value is -2.88. The molecule has 0 N–H and O–H groups in total. The zero-order chi connectivity index (χ0) is 18.0. The molecule has 0 unspecified atom stereocenters. The van der Waals surface area contributed by atoms with Gasteiger partial charge in [0.15, 0.2) is 5.13 Å². The lowest BCUT2D eigenvalue weighted by molar-refractivity contribution is -0.116. The maximum Gasteiger partial charge on any atom is 0.378 e. The van der Waals surface area contributed by atoms with E-state index in [2.05, 4.69) is 20.1 Å². The van der Waals surface area contributed by atoms with Crippen molar-refractivity contribution >= 4 is 34.1 Å². The molecule has 0 bridgehead atoms. The number of amides is 1. The third-order valence-corrected chi connectivity index (χ3v) is 4.34. The molecule has 0 atom stereocenters. The molecule has 0 radical (unpaired) electrons. The minimum atomic E-state index is -0.654. The Morgan fingerprint density at radius 1 is 1.36 bits per heavy atom. The molecule has 9 nitrogen and oxygen atoms in total. The Morgan fingerprint density at radius 3 is 2.84 bits per heavy atom. The van der Waals surface area contributed by atoms with Crippen molar-refractivity contribution in [3.8, 4) is 0 Å². The van der Waals surface area contributed by atoms with E-state index in [0.717, 1.165) is 5.69 Å². The third kappa shape index (κ3) is 3.48. The number of rotatable bonds is 5. The SMILES string of the molecule is CCN(C(C)=O)c1nc(COC(=O)c2nc3nccc(C)n3n2)cs1. The van der Waals surface area contributed by atoms with Gasteiger partial charge < -0.3 is 4.74 Å². The summed E-state index contributed by atoms with van der Waals surface area (Å²) in [6, 6.07) is 1.77. The van der Waals surface area contributed by atoms with Crippen LogP contribution < -0.4 is 4.90 Å². The molecule has 0 aliphatic heterocycles. The number of aromatic nitrogens is 5. The van der Waals surface area contributed by atoms with E-state index in [-0.39, 0.29) is 18.3 Å². The Bertz CT molecular complexity index is 934. The average Bonchev–Trinajstić information content (AvgIpc) is 3.21. The number of nitrogens with zero attached hydrogens (tertiary/aromatic N) is 6. The van der Waals surface area contributed by atoms with E-state index in [1.165, 1.54) is 22.8 Å². The van der Waals surface area contributed by atoms with E-state index in [1.807, 2.05) is 13.8 Å². The normalized spacial score (nSPS) is 10.8. The van der Waals surface area contributed by atoms with Gasteiger partial charge in [-0.05, 0) is 19.9 Å². The zero-order valence-electron chi connectivity index (χ0n) is 14.0. The zero-order valence-corrected chi connectivity index (χ0v) is 14.8. The van der Waals surface area contributed by atoms with Crippen molar-refractivity contribution in [2.45, 2.75) is 27.4 Å². The molecule has 3 rings (SSSR count). The Balaban J connectivity index is 1.68. The third-order valence-electron chi connectivity index (χ3n) is 3.43. The monoisotopic (exact) mass is 360 g/mol. The minimum absolute atomic E-state index is 0.0211. The van der Waals surface area contributed by atoms with Crippen molar-refractivity contribution in [1.29, 1.82) is 0 Å². The fraction of sp³-hybridized carbons (Fsp3) is 0.333. The number of hydrogen-bond donors (Lipinski definition) is 0. The summed E-state index contributed by atoms with van der Waals surface area (Å²) in [7, 11) is 0. The van der Waals surface area contributed by atoms with Crippen LogP contribution in [0.25, 0.3) is 5.78 Å². The Labute approximate surface area is 147 Å². The molecule has 0 aromatic carbocycles. The van der Waals surface area contributed by atoms with Gasteiger partial charge in [0, 0.05) is 30.7 Å². The number of hydrogen-bond acceptors (Lipinski definition) is 8. The molecule has 10 heteroatoms. The first-order valence-corrected chi connectivity index (χ1v) is 8.45. The molecule has 3 aromatic rings. The van der Waals surface area contributed by atoms with E-state index in [4.69, 9.17) is 4.74 Å². The van der Waals surface area contributed by atoms with Crippen molar-refractivity contribution in [1.82, 2.24) is 24.6 Å². The molecule has 1 amide bonds. The minimum Gasteiger partial charge on any atom is -0.453 e. The van der Waals surface area contributed by atoms with E-state index >= 15 is 0 Å². The van der Waals surface area contributed by atoms with Crippen molar-refractivity contribution < 1.29 is 14.3 Å². The molecule has 3 heterocycles. The molecule has 130 valence electrons. The van der Waals surface area contributed by atoms with Gasteiger partial charge in [-0.15, -0.1) is 16.4 Å². The van der Waals surface area contributed by atoms with Gasteiger partial charge in [-0.3, -0.25) is 9.69 Å². The number of carbonyl (C=O) groups excluding carboxylic acids is 2. The molecule has 0 saturated heterocycles. The fourth-order valence-corrected chi connectivity index (χ4v) is 3.09. The second-order valence-corrected chi connectivity index (χ2v) is 6.03. The highest BCUT2D eigenvalue weighted by atomic mass is 32.1. The van der Waals surface area contributed by atoms with Gasteiger partial charge in [-0.1, -0.05) is 0 Å². The van der Waals surface area contributed by atoms with Crippen LogP contribution in [0.15, 0.2) is 17.6 Å². The number of thiazole rings is 1. The quantitative estimate of drug-likeness (QED) is 0.637. The Kier molecular flexibility index (Phi) is 4.70. The van der Waals surface area contributed by atoms with Crippen LogP contribution in [0.5, 0.6) is 0 Å². The summed E-state index contributed by atoms with van der Waals surface area (Å²) < 4.78 is 6.68. The summed E-state index contributed by atoms with van der Waals surface area (Å²) in [5, 5.41) is 6.41. The van der Waals surface area contributed by atoms with Gasteiger partial charge >= 0.3 is 5.97 Å². The van der Waals surface area contributed by atoms with Gasteiger partial charge in [0.1, 0.15) is 6.61 Å². The fourth-order valence-electron chi connectivity index (χ4n) is 2.18. The second kappa shape index (κ2) is 6.93. The van der Waals surface area contributed by atoms with E-state index in [1.54, 1.807) is 22.5 Å². The van der Waals surface area contributed by atoms with E-state index in [9.17, 15) is 9.59 Å². The molecular formula is C15H16N6O3S. The molecule has 3 aromatic heterocycles. The number of carbonyl (C=O) groups is 2. The van der Waals surface area contributed by atoms with Crippen LogP contribution in [0.4, 0.5) is 5.13 Å². The maximum absolute atomic E-state index is 12.1. The number of fused-ring (bicyclic) bond motifs is 1. The van der Waals surface area contributed by atoms with Gasteiger partial charge in [-0.2, -0.15) is 4.98 Å². The number of ether oxygens (including phenoxy) is 1. The second-order valence-electron chi connectivity index (χ2n) is 5.19. The highest BCUT2D eigenvalue weighted by Gasteiger charge is 2.18. The van der Waals surface area contributed by atoms with Crippen molar-refractivity contribution in [2.24, 2.45) is 0 Å². The van der Waals surface area contributed by atoms with Gasteiger partial charge in [0.05, 0.1) is 5.69 Å². The first-order chi connectivity index (χ1) is 12.0. The predicted molar refractivity (Wildman–Crippen MR) is 90.5 cm³/mol. The molecular weight excluding hydrogens is 344 g/mol. The topological polar surface area (TPSA) is 103 Å². The molecule has 0 spiro atoms. The lowest BCUT2D eigenvalue weighted by atomic mass is 10.5. The average molecular weight is 360 g/mol. The lowest BCUT2D eigenvalue weighted by Gasteiger charge is -2.14. The summed E-state index contributed by atoms with van der Waals surface area (Å²) in [6.07, 6.45) is 1.60. The molecule has 25 heavy (non-hydrogen) atoms. The van der Waals surface area contributed by atoms with Crippen LogP contribution in [-0.2, 0) is 16.1 Å². The first kappa shape index (κ1) is 17.0. The van der Waals surface area contributed by atoms with Crippen LogP contribution >= 0.6 is 11.3 Å². The largest absolute Gasteiger partial charge is 0.453 e. The van der Waals surface area contributed by atoms with Crippen LogP contribution in [0.1, 0.15) is 35.9 Å².